The number of aromatic nitrogens is 1. The monoisotopic (exact) mass is 362 g/mol. The van der Waals surface area contributed by atoms with Gasteiger partial charge in [0.15, 0.2) is 0 Å². The second-order valence-corrected chi connectivity index (χ2v) is 4.85. The number of halogens is 5. The Kier molecular flexibility index (Phi) is 4.26. The zero-order valence-electron chi connectivity index (χ0n) is 10.2. The van der Waals surface area contributed by atoms with Gasteiger partial charge in [0, 0.05) is 10.2 Å². The van der Waals surface area contributed by atoms with Crippen LogP contribution in [0.15, 0.2) is 40.9 Å². The fourth-order valence-corrected chi connectivity index (χ4v) is 2.02. The number of rotatable bonds is 2. The number of carbonyl (C=O) groups excluding carboxylic acids is 1. The molecule has 0 fully saturated rings. The summed E-state index contributed by atoms with van der Waals surface area (Å²) in [7, 11) is 0. The molecule has 0 aliphatic heterocycles. The number of anilines is 1. The number of pyridine rings is 1. The van der Waals surface area contributed by atoms with Gasteiger partial charge in [-0.05, 0) is 30.3 Å². The molecule has 0 atom stereocenters. The maximum atomic E-state index is 12.9. The lowest BCUT2D eigenvalue weighted by atomic mass is 10.2. The van der Waals surface area contributed by atoms with Crippen LogP contribution in [0.3, 0.4) is 0 Å². The third kappa shape index (κ3) is 3.78. The molecule has 8 heteroatoms. The Morgan fingerprint density at radius 1 is 1.19 bits per heavy atom. The number of carbonyl (C=O) groups is 1. The van der Waals surface area contributed by atoms with Gasteiger partial charge in [-0.3, -0.25) is 4.79 Å². The topological polar surface area (TPSA) is 42.0 Å². The fraction of sp³-hybridized carbons (Fsp3) is 0.0769. The van der Waals surface area contributed by atoms with Gasteiger partial charge in [0.25, 0.3) is 5.91 Å². The van der Waals surface area contributed by atoms with E-state index in [9.17, 15) is 22.4 Å². The minimum absolute atomic E-state index is 0.0680. The molecule has 3 nitrogen and oxygen atoms in total. The molecule has 1 aromatic heterocycles. The van der Waals surface area contributed by atoms with E-state index < -0.39 is 23.6 Å². The van der Waals surface area contributed by atoms with Crippen LogP contribution < -0.4 is 5.32 Å². The molecule has 0 aliphatic rings. The highest BCUT2D eigenvalue weighted by atomic mass is 79.9. The average molecular weight is 363 g/mol. The minimum atomic E-state index is -4.56. The summed E-state index contributed by atoms with van der Waals surface area (Å²) in [5.41, 5.74) is -1.22. The molecule has 0 unspecified atom stereocenters. The van der Waals surface area contributed by atoms with E-state index in [1.54, 1.807) is 0 Å². The first-order valence-corrected chi connectivity index (χ1v) is 6.37. The number of alkyl halides is 3. The Bertz CT molecular complexity index is 688. The Balaban J connectivity index is 2.26. The first-order valence-electron chi connectivity index (χ1n) is 5.58. The standard InChI is InChI=1S/C13H7BrF4N2O/c14-9-5-4-7(6-8(9)13(16,17)18)19-12(21)10-2-1-3-11(15)20-10/h1-6H,(H,19,21). The van der Waals surface area contributed by atoms with Crippen molar-refractivity contribution < 1.29 is 22.4 Å². The van der Waals surface area contributed by atoms with E-state index in [1.165, 1.54) is 18.2 Å². The van der Waals surface area contributed by atoms with Crippen molar-refractivity contribution in [2.45, 2.75) is 6.18 Å². The highest BCUT2D eigenvalue weighted by Crippen LogP contribution is 2.36. The lowest BCUT2D eigenvalue weighted by Crippen LogP contribution is -2.15. The van der Waals surface area contributed by atoms with E-state index in [-0.39, 0.29) is 15.9 Å². The summed E-state index contributed by atoms with van der Waals surface area (Å²) in [4.78, 5) is 15.1. The van der Waals surface area contributed by atoms with Crippen molar-refractivity contribution >= 4 is 27.5 Å². The van der Waals surface area contributed by atoms with Gasteiger partial charge in [-0.25, -0.2) is 4.98 Å². The molecule has 0 bridgehead atoms. The molecule has 2 rings (SSSR count). The molecule has 2 aromatic rings. The number of benzene rings is 1. The molecule has 1 amide bonds. The Morgan fingerprint density at radius 2 is 1.90 bits per heavy atom. The van der Waals surface area contributed by atoms with Crippen LogP contribution in [0.2, 0.25) is 0 Å². The van der Waals surface area contributed by atoms with E-state index in [2.05, 4.69) is 26.2 Å². The number of amides is 1. The smallest absolute Gasteiger partial charge is 0.321 e. The van der Waals surface area contributed by atoms with Gasteiger partial charge < -0.3 is 5.32 Å². The molecule has 1 aromatic carbocycles. The number of nitrogens with zero attached hydrogens (tertiary/aromatic N) is 1. The molecule has 21 heavy (non-hydrogen) atoms. The maximum Gasteiger partial charge on any atom is 0.417 e. The highest BCUT2D eigenvalue weighted by molar-refractivity contribution is 9.10. The molecular formula is C13H7BrF4N2O. The molecule has 0 radical (unpaired) electrons. The predicted octanol–water partition coefficient (Wildman–Crippen LogP) is 4.25. The Hall–Kier alpha value is -1.96. The molecule has 1 heterocycles. The largest absolute Gasteiger partial charge is 0.417 e. The van der Waals surface area contributed by atoms with Crippen LogP contribution in [0, 0.1) is 5.95 Å². The van der Waals surface area contributed by atoms with E-state index in [1.807, 2.05) is 0 Å². The number of hydrogen-bond donors (Lipinski definition) is 1. The zero-order chi connectivity index (χ0) is 15.6. The predicted molar refractivity (Wildman–Crippen MR) is 71.3 cm³/mol. The van der Waals surface area contributed by atoms with Crippen LogP contribution in [0.1, 0.15) is 16.1 Å². The first-order chi connectivity index (χ1) is 9.77. The SMILES string of the molecule is O=C(Nc1ccc(Br)c(C(F)(F)F)c1)c1cccc(F)n1. The summed E-state index contributed by atoms with van der Waals surface area (Å²) < 4.78 is 51.0. The fourth-order valence-electron chi connectivity index (χ4n) is 1.55. The van der Waals surface area contributed by atoms with E-state index in [4.69, 9.17) is 0 Å². The third-order valence-electron chi connectivity index (χ3n) is 2.48. The second kappa shape index (κ2) is 5.80. The quantitative estimate of drug-likeness (QED) is 0.640. The summed E-state index contributed by atoms with van der Waals surface area (Å²) >= 11 is 2.79. The summed E-state index contributed by atoms with van der Waals surface area (Å²) in [6.07, 6.45) is -4.56. The summed E-state index contributed by atoms with van der Waals surface area (Å²) in [5.74, 6) is -1.65. The summed E-state index contributed by atoms with van der Waals surface area (Å²) in [5, 5.41) is 2.24. The lowest BCUT2D eigenvalue weighted by Gasteiger charge is -2.11. The van der Waals surface area contributed by atoms with Crippen molar-refractivity contribution in [1.82, 2.24) is 4.98 Å². The number of hydrogen-bond acceptors (Lipinski definition) is 2. The van der Waals surface area contributed by atoms with Crippen molar-refractivity contribution in [2.75, 3.05) is 5.32 Å². The number of nitrogens with one attached hydrogen (secondary N) is 1. The van der Waals surface area contributed by atoms with Crippen LogP contribution in [-0.4, -0.2) is 10.9 Å². The van der Waals surface area contributed by atoms with Crippen LogP contribution in [0.25, 0.3) is 0 Å². The molecule has 1 N–H and O–H groups in total. The van der Waals surface area contributed by atoms with Crippen LogP contribution in [0.4, 0.5) is 23.2 Å². The van der Waals surface area contributed by atoms with Gasteiger partial charge in [-0.15, -0.1) is 0 Å². The van der Waals surface area contributed by atoms with Crippen molar-refractivity contribution in [1.29, 1.82) is 0 Å². The van der Waals surface area contributed by atoms with E-state index in [0.29, 0.717) is 0 Å². The van der Waals surface area contributed by atoms with Crippen molar-refractivity contribution in [2.24, 2.45) is 0 Å². The molecule has 0 aliphatic carbocycles. The van der Waals surface area contributed by atoms with Gasteiger partial charge in [-0.1, -0.05) is 22.0 Å². The lowest BCUT2D eigenvalue weighted by molar-refractivity contribution is -0.138. The summed E-state index contributed by atoms with van der Waals surface area (Å²) in [6, 6.07) is 6.81. The first kappa shape index (κ1) is 15.4. The third-order valence-corrected chi connectivity index (χ3v) is 3.17. The van der Waals surface area contributed by atoms with E-state index in [0.717, 1.165) is 18.2 Å². The maximum absolute atomic E-state index is 12.9. The normalized spacial score (nSPS) is 11.3. The Labute approximate surface area is 125 Å². The van der Waals surface area contributed by atoms with Crippen LogP contribution >= 0.6 is 15.9 Å². The summed E-state index contributed by atoms with van der Waals surface area (Å²) in [6.45, 7) is 0. The highest BCUT2D eigenvalue weighted by Gasteiger charge is 2.33. The zero-order valence-corrected chi connectivity index (χ0v) is 11.8. The minimum Gasteiger partial charge on any atom is -0.321 e. The van der Waals surface area contributed by atoms with Crippen LogP contribution in [0.5, 0.6) is 0 Å². The molecular weight excluding hydrogens is 356 g/mol. The molecule has 0 saturated carbocycles. The van der Waals surface area contributed by atoms with Gasteiger partial charge in [0.2, 0.25) is 5.95 Å². The van der Waals surface area contributed by atoms with Crippen molar-refractivity contribution in [3.63, 3.8) is 0 Å². The molecule has 0 spiro atoms. The van der Waals surface area contributed by atoms with Gasteiger partial charge in [-0.2, -0.15) is 17.6 Å². The average Bonchev–Trinajstić information content (AvgIpc) is 2.39. The molecule has 110 valence electrons. The molecule has 0 saturated heterocycles. The van der Waals surface area contributed by atoms with Gasteiger partial charge in [0.05, 0.1) is 5.56 Å². The van der Waals surface area contributed by atoms with Gasteiger partial charge in [0.1, 0.15) is 5.69 Å². The van der Waals surface area contributed by atoms with E-state index >= 15 is 0 Å². The van der Waals surface area contributed by atoms with Crippen molar-refractivity contribution in [3.8, 4) is 0 Å². The second-order valence-electron chi connectivity index (χ2n) is 3.99. The van der Waals surface area contributed by atoms with Gasteiger partial charge >= 0.3 is 6.18 Å². The van der Waals surface area contributed by atoms with Crippen LogP contribution in [-0.2, 0) is 6.18 Å². The van der Waals surface area contributed by atoms with Crippen molar-refractivity contribution in [3.05, 3.63) is 58.1 Å². The Morgan fingerprint density at radius 3 is 2.52 bits per heavy atom.